The number of carbonyl (C=O) groups excluding carboxylic acids is 1. The number of aryl methyl sites for hydroxylation is 1. The van der Waals surface area contributed by atoms with E-state index >= 15 is 0 Å². The highest BCUT2D eigenvalue weighted by atomic mass is 32.2. The lowest BCUT2D eigenvalue weighted by molar-refractivity contribution is -0.113. The van der Waals surface area contributed by atoms with Crippen LogP contribution in [0.4, 0.5) is 5.69 Å². The minimum Gasteiger partial charge on any atom is -0.497 e. The number of anilines is 1. The number of rotatable bonds is 7. The molecule has 3 rings (SSSR count). The minimum atomic E-state index is -0.176. The van der Waals surface area contributed by atoms with Gasteiger partial charge < -0.3 is 14.8 Å². The van der Waals surface area contributed by atoms with Crippen molar-refractivity contribution in [1.29, 1.82) is 0 Å². The highest BCUT2D eigenvalue weighted by Gasteiger charge is 2.13. The van der Waals surface area contributed by atoms with Gasteiger partial charge in [0.15, 0.2) is 5.16 Å². The number of nitrogens with zero attached hydrogens (tertiary/aromatic N) is 3. The summed E-state index contributed by atoms with van der Waals surface area (Å²) < 4.78 is 12.3. The zero-order chi connectivity index (χ0) is 19.2. The Labute approximate surface area is 161 Å². The Morgan fingerprint density at radius 3 is 2.63 bits per heavy atom. The van der Waals surface area contributed by atoms with Crippen molar-refractivity contribution in [3.63, 3.8) is 0 Å². The van der Waals surface area contributed by atoms with Gasteiger partial charge >= 0.3 is 0 Å². The van der Waals surface area contributed by atoms with E-state index in [1.807, 2.05) is 35.8 Å². The maximum atomic E-state index is 12.4. The number of methoxy groups -OCH3 is 2. The van der Waals surface area contributed by atoms with Crippen LogP contribution in [-0.2, 0) is 4.79 Å². The van der Waals surface area contributed by atoms with Crippen LogP contribution in [0.3, 0.4) is 0 Å². The van der Waals surface area contributed by atoms with E-state index in [0.717, 1.165) is 5.69 Å². The lowest BCUT2D eigenvalue weighted by Crippen LogP contribution is -2.15. The molecule has 0 aliphatic heterocycles. The summed E-state index contributed by atoms with van der Waals surface area (Å²) in [7, 11) is 3.12. The molecule has 0 atom stereocenters. The predicted octanol–water partition coefficient (Wildman–Crippen LogP) is 3.32. The first-order valence-corrected chi connectivity index (χ1v) is 9.21. The van der Waals surface area contributed by atoms with Gasteiger partial charge in [0.05, 0.1) is 25.7 Å². The van der Waals surface area contributed by atoms with Gasteiger partial charge in [-0.3, -0.25) is 9.36 Å². The number of benzene rings is 2. The summed E-state index contributed by atoms with van der Waals surface area (Å²) in [4.78, 5) is 12.4. The predicted molar refractivity (Wildman–Crippen MR) is 105 cm³/mol. The summed E-state index contributed by atoms with van der Waals surface area (Å²) in [6.45, 7) is 2.03. The van der Waals surface area contributed by atoms with E-state index in [-0.39, 0.29) is 11.7 Å². The monoisotopic (exact) mass is 384 g/mol. The van der Waals surface area contributed by atoms with Gasteiger partial charge in [-0.2, -0.15) is 0 Å². The summed E-state index contributed by atoms with van der Waals surface area (Å²) >= 11 is 1.31. The molecule has 0 aliphatic carbocycles. The van der Waals surface area contributed by atoms with Crippen molar-refractivity contribution in [3.8, 4) is 17.2 Å². The van der Waals surface area contributed by atoms with Crippen molar-refractivity contribution in [3.05, 3.63) is 54.4 Å². The number of thioether (sulfide) groups is 1. The van der Waals surface area contributed by atoms with E-state index in [4.69, 9.17) is 9.47 Å². The van der Waals surface area contributed by atoms with Crippen molar-refractivity contribution >= 4 is 23.4 Å². The van der Waals surface area contributed by atoms with Gasteiger partial charge in [0, 0.05) is 11.8 Å². The number of nitrogens with one attached hydrogen (secondary N) is 1. The first-order valence-electron chi connectivity index (χ1n) is 8.22. The Bertz CT molecular complexity index is 925. The van der Waals surface area contributed by atoms with Crippen molar-refractivity contribution in [2.45, 2.75) is 12.1 Å². The fourth-order valence-electron chi connectivity index (χ4n) is 2.43. The third-order valence-electron chi connectivity index (χ3n) is 3.84. The SMILES string of the molecule is COc1ccc(OC)c(NC(=O)CSc2nncn2-c2ccc(C)cc2)c1. The number of amides is 1. The molecule has 1 aromatic heterocycles. The molecule has 3 aromatic rings. The van der Waals surface area contributed by atoms with Gasteiger partial charge in [-0.1, -0.05) is 29.5 Å². The molecule has 2 aromatic carbocycles. The van der Waals surface area contributed by atoms with E-state index in [1.165, 1.54) is 17.3 Å². The summed E-state index contributed by atoms with van der Waals surface area (Å²) in [5.41, 5.74) is 2.68. The van der Waals surface area contributed by atoms with Crippen LogP contribution in [0.15, 0.2) is 53.9 Å². The largest absolute Gasteiger partial charge is 0.497 e. The van der Waals surface area contributed by atoms with Crippen molar-refractivity contribution in [2.24, 2.45) is 0 Å². The molecule has 1 N–H and O–H groups in total. The lowest BCUT2D eigenvalue weighted by atomic mass is 10.2. The summed E-state index contributed by atoms with van der Waals surface area (Å²) in [6.07, 6.45) is 1.63. The van der Waals surface area contributed by atoms with Gasteiger partial charge in [-0.25, -0.2) is 0 Å². The summed E-state index contributed by atoms with van der Waals surface area (Å²) in [5, 5.41) is 11.6. The van der Waals surface area contributed by atoms with Crippen molar-refractivity contribution in [2.75, 3.05) is 25.3 Å². The second kappa shape index (κ2) is 8.59. The zero-order valence-corrected chi connectivity index (χ0v) is 16.1. The summed E-state index contributed by atoms with van der Waals surface area (Å²) in [5.74, 6) is 1.21. The standard InChI is InChI=1S/C19H20N4O3S/c1-13-4-6-14(7-5-13)23-12-20-22-19(23)27-11-18(24)21-16-10-15(25-2)8-9-17(16)26-3/h4-10,12H,11H2,1-3H3,(H,21,24). The molecule has 0 saturated carbocycles. The van der Waals surface area contributed by atoms with Crippen LogP contribution in [0.1, 0.15) is 5.56 Å². The van der Waals surface area contributed by atoms with Crippen LogP contribution in [0.2, 0.25) is 0 Å². The maximum Gasteiger partial charge on any atom is 0.234 e. The topological polar surface area (TPSA) is 78.3 Å². The summed E-state index contributed by atoms with van der Waals surface area (Å²) in [6, 6.07) is 13.3. The average molecular weight is 384 g/mol. The number of ether oxygens (including phenoxy) is 2. The molecule has 1 heterocycles. The molecule has 0 radical (unpaired) electrons. The Hall–Kier alpha value is -3.00. The quantitative estimate of drug-likeness (QED) is 0.630. The van der Waals surface area contributed by atoms with E-state index in [9.17, 15) is 4.79 Å². The van der Waals surface area contributed by atoms with Gasteiger partial charge in [-0.05, 0) is 31.2 Å². The van der Waals surface area contributed by atoms with Gasteiger partial charge in [-0.15, -0.1) is 10.2 Å². The maximum absolute atomic E-state index is 12.4. The molecule has 0 spiro atoms. The third kappa shape index (κ3) is 4.59. The Morgan fingerprint density at radius 1 is 1.15 bits per heavy atom. The van der Waals surface area contributed by atoms with Crippen LogP contribution >= 0.6 is 11.8 Å². The molecule has 0 saturated heterocycles. The molecule has 0 fully saturated rings. The first-order chi connectivity index (χ1) is 13.1. The Morgan fingerprint density at radius 2 is 1.93 bits per heavy atom. The van der Waals surface area contributed by atoms with Crippen LogP contribution in [-0.4, -0.2) is 40.6 Å². The third-order valence-corrected chi connectivity index (χ3v) is 4.78. The molecular formula is C19H20N4O3S. The second-order valence-corrected chi connectivity index (χ2v) is 6.66. The first kappa shape index (κ1) is 18.8. The number of carbonyl (C=O) groups is 1. The number of hydrogen-bond donors (Lipinski definition) is 1. The normalized spacial score (nSPS) is 10.5. The Kier molecular flexibility index (Phi) is 5.97. The fourth-order valence-corrected chi connectivity index (χ4v) is 3.16. The molecular weight excluding hydrogens is 364 g/mol. The van der Waals surface area contributed by atoms with Crippen molar-refractivity contribution < 1.29 is 14.3 Å². The fraction of sp³-hybridized carbons (Fsp3) is 0.211. The lowest BCUT2D eigenvalue weighted by Gasteiger charge is -2.11. The Balaban J connectivity index is 1.67. The molecule has 8 heteroatoms. The molecule has 0 unspecified atom stereocenters. The molecule has 7 nitrogen and oxygen atoms in total. The molecule has 0 bridgehead atoms. The highest BCUT2D eigenvalue weighted by molar-refractivity contribution is 7.99. The van der Waals surface area contributed by atoms with E-state index in [1.54, 1.807) is 38.7 Å². The molecule has 1 amide bonds. The van der Waals surface area contributed by atoms with E-state index in [2.05, 4.69) is 15.5 Å². The molecule has 0 aliphatic rings. The van der Waals surface area contributed by atoms with Crippen LogP contribution < -0.4 is 14.8 Å². The van der Waals surface area contributed by atoms with Crippen LogP contribution in [0.25, 0.3) is 5.69 Å². The molecule has 27 heavy (non-hydrogen) atoms. The molecule has 140 valence electrons. The van der Waals surface area contributed by atoms with E-state index in [0.29, 0.717) is 22.3 Å². The zero-order valence-electron chi connectivity index (χ0n) is 15.3. The average Bonchev–Trinajstić information content (AvgIpc) is 3.15. The van der Waals surface area contributed by atoms with E-state index < -0.39 is 0 Å². The minimum absolute atomic E-state index is 0.176. The second-order valence-electron chi connectivity index (χ2n) is 5.72. The highest BCUT2D eigenvalue weighted by Crippen LogP contribution is 2.29. The number of hydrogen-bond acceptors (Lipinski definition) is 6. The number of aromatic nitrogens is 3. The van der Waals surface area contributed by atoms with Crippen molar-refractivity contribution in [1.82, 2.24) is 14.8 Å². The van der Waals surface area contributed by atoms with Crippen LogP contribution in [0, 0.1) is 6.92 Å². The van der Waals surface area contributed by atoms with Gasteiger partial charge in [0.1, 0.15) is 17.8 Å². The van der Waals surface area contributed by atoms with Gasteiger partial charge in [0.25, 0.3) is 0 Å². The van der Waals surface area contributed by atoms with Crippen LogP contribution in [0.5, 0.6) is 11.5 Å². The van der Waals surface area contributed by atoms with Gasteiger partial charge in [0.2, 0.25) is 5.91 Å². The smallest absolute Gasteiger partial charge is 0.234 e.